The summed E-state index contributed by atoms with van der Waals surface area (Å²) in [6.45, 7) is 6.94. The van der Waals surface area contributed by atoms with Crippen LogP contribution in [0.1, 0.15) is 73.1 Å². The Hall–Kier alpha value is 0. The van der Waals surface area contributed by atoms with Crippen molar-refractivity contribution in [2.45, 2.75) is 73.1 Å². The molecule has 0 fully saturated rings. The molecule has 0 aromatic heterocycles. The Balaban J connectivity index is 0. The summed E-state index contributed by atoms with van der Waals surface area (Å²) in [5, 5.41) is 0. The Kier molecular flexibility index (Phi) is 13.3. The zero-order valence-electron chi connectivity index (χ0n) is 8.53. The van der Waals surface area contributed by atoms with Crippen LogP contribution in [0, 0.1) is 5.92 Å². The Morgan fingerprint density at radius 2 is 1.50 bits per heavy atom. The van der Waals surface area contributed by atoms with E-state index >= 15 is 0 Å². The summed E-state index contributed by atoms with van der Waals surface area (Å²) in [7, 11) is 0. The summed E-state index contributed by atoms with van der Waals surface area (Å²) >= 11 is 0. The van der Waals surface area contributed by atoms with Crippen molar-refractivity contribution in [2.75, 3.05) is 0 Å². The summed E-state index contributed by atoms with van der Waals surface area (Å²) in [4.78, 5) is 0. The van der Waals surface area contributed by atoms with Crippen molar-refractivity contribution in [3.8, 4) is 0 Å². The second-order valence-corrected chi connectivity index (χ2v) is 3.74. The van der Waals surface area contributed by atoms with Crippen molar-refractivity contribution in [3.63, 3.8) is 0 Å². The number of hydrogen-bond acceptors (Lipinski definition) is 0. The summed E-state index contributed by atoms with van der Waals surface area (Å²) in [6, 6.07) is 0. The van der Waals surface area contributed by atoms with Crippen LogP contribution in [0.5, 0.6) is 0 Å². The van der Waals surface area contributed by atoms with E-state index in [1.165, 1.54) is 44.9 Å². The molecule has 0 N–H and O–H groups in total. The van der Waals surface area contributed by atoms with Crippen LogP contribution in [-0.4, -0.2) is 0 Å². The Morgan fingerprint density at radius 3 is 2.00 bits per heavy atom. The van der Waals surface area contributed by atoms with Crippen molar-refractivity contribution >= 4 is 0 Å². The van der Waals surface area contributed by atoms with Gasteiger partial charge in [0.25, 0.3) is 0 Å². The van der Waals surface area contributed by atoms with Crippen LogP contribution in [0.3, 0.4) is 0 Å². The van der Waals surface area contributed by atoms with Gasteiger partial charge in [-0.15, -0.1) is 0 Å². The average Bonchev–Trinajstić information content (AvgIpc) is 1.99. The second kappa shape index (κ2) is 11.0. The minimum atomic E-state index is 0. The molecule has 0 radical (unpaired) electrons. The standard InChI is InChI=1S/C11H24.CH4/c1-4-6-7-8-10-11(3)9-5-2;/h11H,4-10H2,1-3H3;1H4. The van der Waals surface area contributed by atoms with Gasteiger partial charge in [-0.1, -0.05) is 73.1 Å². The van der Waals surface area contributed by atoms with E-state index in [4.69, 9.17) is 0 Å². The van der Waals surface area contributed by atoms with Gasteiger partial charge in [-0.05, 0) is 5.92 Å². The summed E-state index contributed by atoms with van der Waals surface area (Å²) in [5.41, 5.74) is 0. The van der Waals surface area contributed by atoms with E-state index in [1.807, 2.05) is 0 Å². The van der Waals surface area contributed by atoms with E-state index in [9.17, 15) is 0 Å². The average molecular weight is 172 g/mol. The van der Waals surface area contributed by atoms with Crippen LogP contribution in [0.2, 0.25) is 0 Å². The molecule has 0 rings (SSSR count). The van der Waals surface area contributed by atoms with Gasteiger partial charge in [0, 0.05) is 0 Å². The molecule has 12 heavy (non-hydrogen) atoms. The Morgan fingerprint density at radius 1 is 0.833 bits per heavy atom. The predicted octanol–water partition coefficient (Wildman–Crippen LogP) is 5.03. The molecule has 0 aromatic rings. The van der Waals surface area contributed by atoms with Gasteiger partial charge in [-0.3, -0.25) is 0 Å². The molecule has 0 amide bonds. The molecule has 0 saturated heterocycles. The molecule has 0 aliphatic carbocycles. The molecule has 0 heteroatoms. The highest BCUT2D eigenvalue weighted by Gasteiger charge is 1.98. The molecule has 0 heterocycles. The topological polar surface area (TPSA) is 0 Å². The smallest absolute Gasteiger partial charge is 0.0443 e. The van der Waals surface area contributed by atoms with Crippen molar-refractivity contribution in [2.24, 2.45) is 5.92 Å². The van der Waals surface area contributed by atoms with Crippen molar-refractivity contribution in [3.05, 3.63) is 0 Å². The maximum Gasteiger partial charge on any atom is -0.0443 e. The van der Waals surface area contributed by atoms with Crippen LogP contribution in [0.15, 0.2) is 0 Å². The molecule has 0 nitrogen and oxygen atoms in total. The van der Waals surface area contributed by atoms with Crippen molar-refractivity contribution < 1.29 is 0 Å². The lowest BCUT2D eigenvalue weighted by Crippen LogP contribution is -1.93. The van der Waals surface area contributed by atoms with Crippen molar-refractivity contribution in [1.82, 2.24) is 0 Å². The third-order valence-electron chi connectivity index (χ3n) is 2.33. The van der Waals surface area contributed by atoms with Gasteiger partial charge in [0.15, 0.2) is 0 Å². The van der Waals surface area contributed by atoms with Gasteiger partial charge in [0.05, 0.1) is 0 Å². The molecule has 1 unspecified atom stereocenters. The summed E-state index contributed by atoms with van der Waals surface area (Å²) in [6.07, 6.45) is 9.93. The molecule has 0 saturated carbocycles. The highest BCUT2D eigenvalue weighted by molar-refractivity contribution is 4.52. The van der Waals surface area contributed by atoms with Gasteiger partial charge >= 0.3 is 0 Å². The first-order valence-electron chi connectivity index (χ1n) is 5.31. The zero-order chi connectivity index (χ0) is 8.53. The van der Waals surface area contributed by atoms with Crippen LogP contribution in [-0.2, 0) is 0 Å². The van der Waals surface area contributed by atoms with Crippen molar-refractivity contribution in [1.29, 1.82) is 0 Å². The molecular formula is C12H28. The van der Waals surface area contributed by atoms with E-state index in [2.05, 4.69) is 20.8 Å². The third kappa shape index (κ3) is 10.0. The van der Waals surface area contributed by atoms with Crippen LogP contribution >= 0.6 is 0 Å². The minimum Gasteiger partial charge on any atom is -0.0776 e. The summed E-state index contributed by atoms with van der Waals surface area (Å²) < 4.78 is 0. The maximum atomic E-state index is 2.38. The predicted molar refractivity (Wildman–Crippen MR) is 59.6 cm³/mol. The van der Waals surface area contributed by atoms with Crippen LogP contribution in [0.4, 0.5) is 0 Å². The highest BCUT2D eigenvalue weighted by atomic mass is 14.0. The molecular weight excluding hydrogens is 144 g/mol. The fourth-order valence-electron chi connectivity index (χ4n) is 1.56. The number of rotatable bonds is 7. The molecule has 0 spiro atoms. The first kappa shape index (κ1) is 14.5. The molecule has 0 aliphatic heterocycles. The van der Waals surface area contributed by atoms with E-state index in [1.54, 1.807) is 0 Å². The maximum absolute atomic E-state index is 2.38. The Bertz CT molecular complexity index is 66.4. The number of hydrogen-bond donors (Lipinski definition) is 0. The van der Waals surface area contributed by atoms with Gasteiger partial charge in [-0.2, -0.15) is 0 Å². The second-order valence-electron chi connectivity index (χ2n) is 3.74. The fourth-order valence-corrected chi connectivity index (χ4v) is 1.56. The van der Waals surface area contributed by atoms with Gasteiger partial charge < -0.3 is 0 Å². The van der Waals surface area contributed by atoms with Gasteiger partial charge in [-0.25, -0.2) is 0 Å². The van der Waals surface area contributed by atoms with E-state index in [0.29, 0.717) is 0 Å². The molecule has 76 valence electrons. The first-order valence-corrected chi connectivity index (χ1v) is 5.31. The molecule has 0 bridgehead atoms. The monoisotopic (exact) mass is 172 g/mol. The largest absolute Gasteiger partial charge is 0.0776 e. The van der Waals surface area contributed by atoms with Gasteiger partial charge in [0.2, 0.25) is 0 Å². The molecule has 0 aliphatic rings. The normalized spacial score (nSPS) is 12.2. The zero-order valence-corrected chi connectivity index (χ0v) is 8.53. The van der Waals surface area contributed by atoms with Crippen LogP contribution in [0.25, 0.3) is 0 Å². The minimum absolute atomic E-state index is 0. The lowest BCUT2D eigenvalue weighted by atomic mass is 9.98. The summed E-state index contributed by atoms with van der Waals surface area (Å²) in [5.74, 6) is 0.969. The molecule has 0 aromatic carbocycles. The van der Waals surface area contributed by atoms with E-state index in [-0.39, 0.29) is 7.43 Å². The van der Waals surface area contributed by atoms with Crippen LogP contribution < -0.4 is 0 Å². The first-order chi connectivity index (χ1) is 5.31. The van der Waals surface area contributed by atoms with Gasteiger partial charge in [0.1, 0.15) is 0 Å². The number of unbranched alkanes of at least 4 members (excludes halogenated alkanes) is 3. The highest BCUT2D eigenvalue weighted by Crippen LogP contribution is 2.14. The van der Waals surface area contributed by atoms with E-state index in [0.717, 1.165) is 5.92 Å². The fraction of sp³-hybridized carbons (Fsp3) is 1.00. The van der Waals surface area contributed by atoms with E-state index < -0.39 is 0 Å². The Labute approximate surface area is 79.8 Å². The quantitative estimate of drug-likeness (QED) is 0.472. The molecule has 1 atom stereocenters. The SMILES string of the molecule is C.CCCCCCC(C)CCC. The lowest BCUT2D eigenvalue weighted by Gasteiger charge is -2.08. The lowest BCUT2D eigenvalue weighted by molar-refractivity contribution is 0.455. The third-order valence-corrected chi connectivity index (χ3v) is 2.33.